The molecule has 1 aromatic carbocycles. The van der Waals surface area contributed by atoms with Crippen molar-refractivity contribution in [1.82, 2.24) is 4.98 Å². The van der Waals surface area contributed by atoms with Crippen molar-refractivity contribution < 1.29 is 13.2 Å². The summed E-state index contributed by atoms with van der Waals surface area (Å²) < 4.78 is 23.6. The Balaban J connectivity index is 1.78. The SMILES string of the molecule is CCN(c1cc(C(=O)Nc2ccc(C)cc2)ccn1)C1CCS(=O)(=O)C1. The largest absolute Gasteiger partial charge is 0.353 e. The second-order valence-corrected chi connectivity index (χ2v) is 8.79. The fourth-order valence-electron chi connectivity index (χ4n) is 3.19. The summed E-state index contributed by atoms with van der Waals surface area (Å²) in [6, 6.07) is 10.9. The number of hydrogen-bond donors (Lipinski definition) is 1. The van der Waals surface area contributed by atoms with E-state index in [0.717, 1.165) is 11.3 Å². The number of aryl methyl sites for hydroxylation is 1. The number of amides is 1. The summed E-state index contributed by atoms with van der Waals surface area (Å²) in [5, 5.41) is 2.87. The smallest absolute Gasteiger partial charge is 0.255 e. The summed E-state index contributed by atoms with van der Waals surface area (Å²) in [5.41, 5.74) is 2.35. The maximum Gasteiger partial charge on any atom is 0.255 e. The van der Waals surface area contributed by atoms with Crippen LogP contribution in [-0.2, 0) is 9.84 Å². The molecule has 1 aromatic heterocycles. The molecule has 26 heavy (non-hydrogen) atoms. The Labute approximate surface area is 154 Å². The topological polar surface area (TPSA) is 79.4 Å². The molecular formula is C19H23N3O3S. The van der Waals surface area contributed by atoms with Crippen LogP contribution in [0, 0.1) is 6.92 Å². The van der Waals surface area contributed by atoms with Gasteiger partial charge < -0.3 is 10.2 Å². The minimum absolute atomic E-state index is 0.0899. The number of carbonyl (C=O) groups is 1. The molecule has 3 rings (SSSR count). The summed E-state index contributed by atoms with van der Waals surface area (Å²) in [6.45, 7) is 4.59. The van der Waals surface area contributed by atoms with Gasteiger partial charge >= 0.3 is 0 Å². The molecule has 1 amide bonds. The van der Waals surface area contributed by atoms with Crippen molar-refractivity contribution in [1.29, 1.82) is 0 Å². The highest BCUT2D eigenvalue weighted by atomic mass is 32.2. The highest BCUT2D eigenvalue weighted by Gasteiger charge is 2.32. The van der Waals surface area contributed by atoms with E-state index in [1.165, 1.54) is 0 Å². The zero-order chi connectivity index (χ0) is 18.7. The average Bonchev–Trinajstić information content (AvgIpc) is 2.97. The summed E-state index contributed by atoms with van der Waals surface area (Å²) in [7, 11) is -2.98. The van der Waals surface area contributed by atoms with Crippen LogP contribution in [0.15, 0.2) is 42.6 Å². The van der Waals surface area contributed by atoms with Gasteiger partial charge in [0.05, 0.1) is 11.5 Å². The number of aromatic nitrogens is 1. The van der Waals surface area contributed by atoms with Crippen molar-refractivity contribution in [2.24, 2.45) is 0 Å². The van der Waals surface area contributed by atoms with E-state index in [2.05, 4.69) is 10.3 Å². The predicted molar refractivity (Wildman–Crippen MR) is 103 cm³/mol. The molecule has 2 aromatic rings. The molecule has 0 radical (unpaired) electrons. The number of rotatable bonds is 5. The van der Waals surface area contributed by atoms with Gasteiger partial charge in [0.15, 0.2) is 9.84 Å². The molecule has 1 atom stereocenters. The first-order chi connectivity index (χ1) is 12.4. The molecule has 0 saturated carbocycles. The number of pyridine rings is 1. The summed E-state index contributed by atoms with van der Waals surface area (Å²) >= 11 is 0. The van der Waals surface area contributed by atoms with Crippen molar-refractivity contribution in [3.63, 3.8) is 0 Å². The average molecular weight is 373 g/mol. The number of nitrogens with zero attached hydrogens (tertiary/aromatic N) is 2. The number of benzene rings is 1. The van der Waals surface area contributed by atoms with Gasteiger partial charge in [-0.2, -0.15) is 0 Å². The third kappa shape index (κ3) is 4.22. The standard InChI is InChI=1S/C19H23N3O3S/c1-3-22(17-9-11-26(24,25)13-17)18-12-15(8-10-20-18)19(23)21-16-6-4-14(2)5-7-16/h4-8,10,12,17H,3,9,11,13H2,1-2H3,(H,21,23). The highest BCUT2D eigenvalue weighted by Crippen LogP contribution is 2.23. The zero-order valence-corrected chi connectivity index (χ0v) is 15.8. The molecule has 1 aliphatic rings. The van der Waals surface area contributed by atoms with Crippen LogP contribution >= 0.6 is 0 Å². The van der Waals surface area contributed by atoms with E-state index in [1.54, 1.807) is 18.3 Å². The summed E-state index contributed by atoms with van der Waals surface area (Å²) in [6.07, 6.45) is 2.18. The van der Waals surface area contributed by atoms with Gasteiger partial charge in [-0.15, -0.1) is 0 Å². The fourth-order valence-corrected chi connectivity index (χ4v) is 4.92. The molecule has 6 nitrogen and oxygen atoms in total. The van der Waals surface area contributed by atoms with Gasteiger partial charge in [0.2, 0.25) is 0 Å². The Morgan fingerprint density at radius 1 is 1.27 bits per heavy atom. The van der Waals surface area contributed by atoms with Crippen molar-refractivity contribution in [3.05, 3.63) is 53.7 Å². The molecule has 2 heterocycles. The highest BCUT2D eigenvalue weighted by molar-refractivity contribution is 7.91. The van der Waals surface area contributed by atoms with E-state index in [1.807, 2.05) is 43.0 Å². The summed E-state index contributed by atoms with van der Waals surface area (Å²) in [4.78, 5) is 18.9. The van der Waals surface area contributed by atoms with E-state index in [4.69, 9.17) is 0 Å². The van der Waals surface area contributed by atoms with Gasteiger partial charge in [-0.05, 0) is 44.5 Å². The number of nitrogens with one attached hydrogen (secondary N) is 1. The lowest BCUT2D eigenvalue weighted by Gasteiger charge is -2.28. The zero-order valence-electron chi connectivity index (χ0n) is 15.0. The number of hydrogen-bond acceptors (Lipinski definition) is 5. The van der Waals surface area contributed by atoms with Crippen LogP contribution in [-0.4, -0.2) is 43.4 Å². The van der Waals surface area contributed by atoms with E-state index in [9.17, 15) is 13.2 Å². The first-order valence-corrected chi connectivity index (χ1v) is 10.5. The van der Waals surface area contributed by atoms with Crippen LogP contribution in [0.25, 0.3) is 0 Å². The van der Waals surface area contributed by atoms with Crippen LogP contribution in [0.3, 0.4) is 0 Å². The van der Waals surface area contributed by atoms with Crippen LogP contribution in [0.5, 0.6) is 0 Å². The normalized spacial score (nSPS) is 18.5. The molecule has 0 spiro atoms. The minimum Gasteiger partial charge on any atom is -0.353 e. The molecule has 138 valence electrons. The molecule has 1 fully saturated rings. The molecule has 0 bridgehead atoms. The van der Waals surface area contributed by atoms with Gasteiger partial charge in [-0.25, -0.2) is 13.4 Å². The van der Waals surface area contributed by atoms with Gasteiger partial charge in [-0.1, -0.05) is 17.7 Å². The van der Waals surface area contributed by atoms with E-state index >= 15 is 0 Å². The maximum atomic E-state index is 12.5. The van der Waals surface area contributed by atoms with Crippen molar-refractivity contribution in [2.45, 2.75) is 26.3 Å². The third-order valence-electron chi connectivity index (χ3n) is 4.60. The molecule has 1 saturated heterocycles. The Morgan fingerprint density at radius 2 is 2.00 bits per heavy atom. The lowest BCUT2D eigenvalue weighted by atomic mass is 10.2. The lowest BCUT2D eigenvalue weighted by Crippen LogP contribution is -2.36. The first-order valence-electron chi connectivity index (χ1n) is 8.69. The van der Waals surface area contributed by atoms with Gasteiger partial charge in [0, 0.05) is 30.0 Å². The summed E-state index contributed by atoms with van der Waals surface area (Å²) in [5.74, 6) is 0.767. The second-order valence-electron chi connectivity index (χ2n) is 6.57. The fraction of sp³-hybridized carbons (Fsp3) is 0.368. The quantitative estimate of drug-likeness (QED) is 0.872. The monoisotopic (exact) mass is 373 g/mol. The molecule has 1 N–H and O–H groups in total. The van der Waals surface area contributed by atoms with E-state index in [-0.39, 0.29) is 23.5 Å². The van der Waals surface area contributed by atoms with Crippen molar-refractivity contribution in [3.8, 4) is 0 Å². The van der Waals surface area contributed by atoms with Crippen LogP contribution < -0.4 is 10.2 Å². The third-order valence-corrected chi connectivity index (χ3v) is 6.35. The number of anilines is 2. The van der Waals surface area contributed by atoms with Crippen LogP contribution in [0.1, 0.15) is 29.3 Å². The number of carbonyl (C=O) groups excluding carboxylic acids is 1. The molecule has 1 aliphatic heterocycles. The maximum absolute atomic E-state index is 12.5. The van der Waals surface area contributed by atoms with Crippen LogP contribution in [0.2, 0.25) is 0 Å². The van der Waals surface area contributed by atoms with Gasteiger partial charge in [0.25, 0.3) is 5.91 Å². The second kappa shape index (κ2) is 7.45. The lowest BCUT2D eigenvalue weighted by molar-refractivity contribution is 0.102. The Morgan fingerprint density at radius 3 is 2.62 bits per heavy atom. The Hall–Kier alpha value is -2.41. The van der Waals surface area contributed by atoms with Gasteiger partial charge in [-0.3, -0.25) is 4.79 Å². The van der Waals surface area contributed by atoms with Crippen LogP contribution in [0.4, 0.5) is 11.5 Å². The Bertz CT molecular complexity index is 895. The molecule has 1 unspecified atom stereocenters. The molecule has 0 aliphatic carbocycles. The van der Waals surface area contributed by atoms with E-state index < -0.39 is 9.84 Å². The predicted octanol–water partition coefficient (Wildman–Crippen LogP) is 2.66. The van der Waals surface area contributed by atoms with Crippen molar-refractivity contribution in [2.75, 3.05) is 28.3 Å². The first kappa shape index (κ1) is 18.4. The van der Waals surface area contributed by atoms with Crippen molar-refractivity contribution >= 4 is 27.2 Å². The number of sulfone groups is 1. The molecule has 7 heteroatoms. The Kier molecular flexibility index (Phi) is 5.27. The van der Waals surface area contributed by atoms with E-state index in [0.29, 0.717) is 24.3 Å². The minimum atomic E-state index is -2.98. The molecular weight excluding hydrogens is 350 g/mol. The van der Waals surface area contributed by atoms with Gasteiger partial charge in [0.1, 0.15) is 5.82 Å².